The van der Waals surface area contributed by atoms with Crippen molar-refractivity contribution in [2.75, 3.05) is 4.90 Å². The molecule has 0 spiro atoms. The van der Waals surface area contributed by atoms with E-state index in [1.807, 2.05) is 70.6 Å². The minimum atomic E-state index is -0.258. The van der Waals surface area contributed by atoms with Crippen LogP contribution in [0.2, 0.25) is 0 Å². The van der Waals surface area contributed by atoms with Crippen molar-refractivity contribution >= 4 is 11.6 Å². The van der Waals surface area contributed by atoms with Gasteiger partial charge in [-0.05, 0) is 72.6 Å². The van der Waals surface area contributed by atoms with Gasteiger partial charge in [0.05, 0.1) is 37.1 Å². The lowest BCUT2D eigenvalue weighted by atomic mass is 9.81. The van der Waals surface area contributed by atoms with E-state index in [1.165, 1.54) is 11.1 Å². The number of anilines is 1. The Morgan fingerprint density at radius 3 is 2.47 bits per heavy atom. The van der Waals surface area contributed by atoms with Gasteiger partial charge in [-0.3, -0.25) is 14.5 Å². The molecule has 232 valence electrons. The second-order valence-corrected chi connectivity index (χ2v) is 12.1. The number of aromatic nitrogens is 3. The minimum Gasteiger partial charge on any atom is -0.489 e. The number of nitrogens with zero attached hydrogens (tertiary/aromatic N) is 4. The molecular formula is C39H44N4O2. The Balaban J connectivity index is 0.00000400. The number of carbonyl (C=O) groups excluding carboxylic acids is 1. The molecule has 0 saturated heterocycles. The predicted octanol–water partition coefficient (Wildman–Crippen LogP) is 8.63. The van der Waals surface area contributed by atoms with Crippen LogP contribution in [0.3, 0.4) is 0 Å². The van der Waals surface area contributed by atoms with Crippen molar-refractivity contribution in [1.82, 2.24) is 14.8 Å². The molecule has 0 N–H and O–H groups in total. The zero-order valence-electron chi connectivity index (χ0n) is 25.8. The van der Waals surface area contributed by atoms with Crippen LogP contribution in [0.15, 0.2) is 104 Å². The van der Waals surface area contributed by atoms with Crippen LogP contribution < -0.4 is 9.64 Å². The van der Waals surface area contributed by atoms with E-state index in [0.717, 1.165) is 58.6 Å². The zero-order valence-corrected chi connectivity index (χ0v) is 25.8. The number of benzene rings is 3. The second kappa shape index (κ2) is 14.4. The molecule has 2 aromatic heterocycles. The number of aryl methyl sites for hydroxylation is 1. The molecule has 1 atom stereocenters. The summed E-state index contributed by atoms with van der Waals surface area (Å²) in [4.78, 5) is 21.1. The summed E-state index contributed by atoms with van der Waals surface area (Å²) in [5.41, 5.74) is 8.56. The maximum atomic E-state index is 14.5. The first-order valence-electron chi connectivity index (χ1n) is 15.6. The molecule has 1 aliphatic carbocycles. The zero-order chi connectivity index (χ0) is 30.5. The Morgan fingerprint density at radius 1 is 0.933 bits per heavy atom. The Labute approximate surface area is 267 Å². The molecule has 6 nitrogen and oxygen atoms in total. The van der Waals surface area contributed by atoms with Gasteiger partial charge in [-0.15, -0.1) is 0 Å². The smallest absolute Gasteiger partial charge is 0.234 e. The number of amides is 1. The lowest BCUT2D eigenvalue weighted by Gasteiger charge is -2.31. The summed E-state index contributed by atoms with van der Waals surface area (Å²) in [6, 6.07) is 28.9. The molecule has 6 rings (SSSR count). The number of ether oxygens (including phenoxy) is 1. The van der Waals surface area contributed by atoms with Gasteiger partial charge >= 0.3 is 0 Å². The lowest BCUT2D eigenvalue weighted by molar-refractivity contribution is -0.120. The van der Waals surface area contributed by atoms with Gasteiger partial charge in [0.25, 0.3) is 0 Å². The molecule has 6 heteroatoms. The van der Waals surface area contributed by atoms with E-state index < -0.39 is 0 Å². The highest BCUT2D eigenvalue weighted by Gasteiger charge is 2.32. The Kier molecular flexibility index (Phi) is 10.1. The fourth-order valence-electron chi connectivity index (χ4n) is 5.96. The second-order valence-electron chi connectivity index (χ2n) is 12.1. The van der Waals surface area contributed by atoms with Crippen molar-refractivity contribution in [3.05, 3.63) is 143 Å². The van der Waals surface area contributed by atoms with Crippen molar-refractivity contribution in [1.29, 1.82) is 0 Å². The average molecular weight is 601 g/mol. The summed E-state index contributed by atoms with van der Waals surface area (Å²) in [5, 5.41) is 4.63. The van der Waals surface area contributed by atoms with Crippen molar-refractivity contribution < 1.29 is 9.53 Å². The number of pyridine rings is 1. The van der Waals surface area contributed by atoms with Gasteiger partial charge < -0.3 is 9.64 Å². The first-order valence-corrected chi connectivity index (χ1v) is 15.6. The highest BCUT2D eigenvalue weighted by atomic mass is 16.5. The van der Waals surface area contributed by atoms with Crippen molar-refractivity contribution in [2.45, 2.75) is 79.0 Å². The number of hydrogen-bond donors (Lipinski definition) is 0. The monoisotopic (exact) mass is 600 g/mol. The molecule has 1 amide bonds. The van der Waals surface area contributed by atoms with Gasteiger partial charge in [0.2, 0.25) is 5.91 Å². The first-order chi connectivity index (χ1) is 21.4. The van der Waals surface area contributed by atoms with Gasteiger partial charge in [-0.1, -0.05) is 93.6 Å². The van der Waals surface area contributed by atoms with E-state index in [1.54, 1.807) is 0 Å². The van der Waals surface area contributed by atoms with Crippen LogP contribution in [0.4, 0.5) is 5.69 Å². The first kappa shape index (κ1) is 31.7. The highest BCUT2D eigenvalue weighted by molar-refractivity contribution is 5.98. The van der Waals surface area contributed by atoms with Gasteiger partial charge in [-0.2, -0.15) is 5.10 Å². The van der Waals surface area contributed by atoms with E-state index in [9.17, 15) is 4.79 Å². The largest absolute Gasteiger partial charge is 0.489 e. The third kappa shape index (κ3) is 7.51. The van der Waals surface area contributed by atoms with Gasteiger partial charge in [0.1, 0.15) is 12.4 Å². The van der Waals surface area contributed by atoms with E-state index in [0.29, 0.717) is 25.6 Å². The summed E-state index contributed by atoms with van der Waals surface area (Å²) in [5.74, 6) is 1.01. The fourth-order valence-corrected chi connectivity index (χ4v) is 5.96. The van der Waals surface area contributed by atoms with Crippen molar-refractivity contribution in [2.24, 2.45) is 0 Å². The minimum absolute atomic E-state index is 0. The van der Waals surface area contributed by atoms with Crippen LogP contribution in [-0.4, -0.2) is 20.7 Å². The fraction of sp³-hybridized carbons (Fsp3) is 0.308. The van der Waals surface area contributed by atoms with Crippen LogP contribution >= 0.6 is 0 Å². The third-order valence-electron chi connectivity index (χ3n) is 8.43. The maximum Gasteiger partial charge on any atom is 0.234 e. The van der Waals surface area contributed by atoms with Crippen LogP contribution in [-0.2, 0) is 30.9 Å². The summed E-state index contributed by atoms with van der Waals surface area (Å²) in [7, 11) is 0. The molecular weight excluding hydrogens is 556 g/mol. The van der Waals surface area contributed by atoms with Crippen LogP contribution in [0.25, 0.3) is 0 Å². The molecule has 0 aliphatic heterocycles. The molecule has 5 aromatic rings. The number of fused-ring (bicyclic) bond motifs is 1. The van der Waals surface area contributed by atoms with Gasteiger partial charge in [0.15, 0.2) is 0 Å². The Bertz CT molecular complexity index is 1690. The molecule has 0 fully saturated rings. The predicted molar refractivity (Wildman–Crippen MR) is 182 cm³/mol. The molecule has 1 aliphatic rings. The maximum absolute atomic E-state index is 14.5. The average Bonchev–Trinajstić information content (AvgIpc) is 3.50. The number of hydrogen-bond acceptors (Lipinski definition) is 4. The summed E-state index contributed by atoms with van der Waals surface area (Å²) < 4.78 is 8.25. The normalized spacial score (nSPS) is 14.0. The standard InChI is InChI=1S/C38H40N4O2.CH4/c1-27(2)36-20-19-32(22-39-36)42(25-31-21-40-41(24-31)23-29-17-15-28(3)16-18-29)38(43)35-13-7-12-34-33(35)11-8-14-37(34)44-26-30-9-5-4-6-10-30;/h4-6,8-11,14-22,24,27,35H,7,12-13,23,25-26H2,1-3H3;1H4. The van der Waals surface area contributed by atoms with Gasteiger partial charge in [0, 0.05) is 17.5 Å². The molecule has 1 unspecified atom stereocenters. The molecule has 0 saturated carbocycles. The quantitative estimate of drug-likeness (QED) is 0.161. The van der Waals surface area contributed by atoms with E-state index in [-0.39, 0.29) is 19.3 Å². The number of carbonyl (C=O) groups is 1. The summed E-state index contributed by atoms with van der Waals surface area (Å²) in [6.45, 7) is 7.95. The van der Waals surface area contributed by atoms with Crippen LogP contribution in [0.1, 0.15) is 85.0 Å². The Hall–Kier alpha value is -4.71. The van der Waals surface area contributed by atoms with Crippen molar-refractivity contribution in [3.63, 3.8) is 0 Å². The lowest BCUT2D eigenvalue weighted by Crippen LogP contribution is -2.36. The van der Waals surface area contributed by atoms with Crippen LogP contribution in [0, 0.1) is 6.92 Å². The summed E-state index contributed by atoms with van der Waals surface area (Å²) >= 11 is 0. The Morgan fingerprint density at radius 2 is 1.73 bits per heavy atom. The molecule has 2 heterocycles. The molecule has 0 bridgehead atoms. The topological polar surface area (TPSA) is 60.2 Å². The third-order valence-corrected chi connectivity index (χ3v) is 8.43. The summed E-state index contributed by atoms with van der Waals surface area (Å²) in [6.07, 6.45) is 8.39. The SMILES string of the molecule is C.Cc1ccc(Cn2cc(CN(C(=O)C3CCCc4c(OCc5ccccc5)cccc43)c3ccc(C(C)C)nc3)cn2)cc1. The highest BCUT2D eigenvalue weighted by Crippen LogP contribution is 2.39. The molecule has 45 heavy (non-hydrogen) atoms. The van der Waals surface area contributed by atoms with Crippen LogP contribution in [0.5, 0.6) is 5.75 Å². The number of rotatable bonds is 10. The molecule has 0 radical (unpaired) electrons. The van der Waals surface area contributed by atoms with E-state index in [4.69, 9.17) is 9.72 Å². The van der Waals surface area contributed by atoms with Crippen molar-refractivity contribution in [3.8, 4) is 5.75 Å². The molecule has 3 aromatic carbocycles. The van der Waals surface area contributed by atoms with E-state index >= 15 is 0 Å². The van der Waals surface area contributed by atoms with E-state index in [2.05, 4.69) is 68.3 Å². The van der Waals surface area contributed by atoms with Gasteiger partial charge in [-0.25, -0.2) is 0 Å².